The van der Waals surface area contributed by atoms with Crippen molar-refractivity contribution in [2.24, 2.45) is 5.92 Å². The third kappa shape index (κ3) is 5.27. The molecule has 1 N–H and O–H groups in total. The molecule has 2 unspecified atom stereocenters. The van der Waals surface area contributed by atoms with Crippen LogP contribution in [0, 0.1) is 5.92 Å². The van der Waals surface area contributed by atoms with Gasteiger partial charge in [0, 0.05) is 5.02 Å². The molecule has 1 aromatic carbocycles. The molecule has 0 aliphatic rings. The van der Waals surface area contributed by atoms with Crippen LogP contribution in [0.5, 0.6) is 5.75 Å². The summed E-state index contributed by atoms with van der Waals surface area (Å²) in [5.74, 6) is -0.406. The first-order valence-corrected chi connectivity index (χ1v) is 7.03. The normalized spacial score (nSPS) is 13.4. The maximum atomic E-state index is 12.1. The van der Waals surface area contributed by atoms with E-state index in [9.17, 15) is 9.59 Å². The van der Waals surface area contributed by atoms with Crippen LogP contribution in [0.25, 0.3) is 0 Å². The van der Waals surface area contributed by atoms with Crippen LogP contribution in [0.4, 0.5) is 0 Å². The fraction of sp³-hybridized carbons (Fsp3) is 0.467. The van der Waals surface area contributed by atoms with E-state index < -0.39 is 18.1 Å². The van der Waals surface area contributed by atoms with Gasteiger partial charge in [-0.25, -0.2) is 4.79 Å². The fourth-order valence-electron chi connectivity index (χ4n) is 1.67. The van der Waals surface area contributed by atoms with E-state index in [2.05, 4.69) is 10.1 Å². The third-order valence-electron chi connectivity index (χ3n) is 2.92. The van der Waals surface area contributed by atoms with Gasteiger partial charge in [-0.1, -0.05) is 25.4 Å². The number of esters is 1. The highest BCUT2D eigenvalue weighted by atomic mass is 35.5. The predicted octanol–water partition coefficient (Wildman–Crippen LogP) is 2.42. The number of hydrogen-bond acceptors (Lipinski definition) is 4. The molecule has 0 aliphatic heterocycles. The minimum absolute atomic E-state index is 0.0795. The molecule has 0 bridgehead atoms. The topological polar surface area (TPSA) is 64.6 Å². The molecule has 116 valence electrons. The summed E-state index contributed by atoms with van der Waals surface area (Å²) < 4.78 is 10.2. The summed E-state index contributed by atoms with van der Waals surface area (Å²) in [6.07, 6.45) is -0.739. The van der Waals surface area contributed by atoms with E-state index in [0.717, 1.165) is 0 Å². The van der Waals surface area contributed by atoms with Gasteiger partial charge >= 0.3 is 5.97 Å². The minimum atomic E-state index is -0.739. The first kappa shape index (κ1) is 17.3. The summed E-state index contributed by atoms with van der Waals surface area (Å²) in [6.45, 7) is 5.26. The van der Waals surface area contributed by atoms with Crippen LogP contribution in [0.1, 0.15) is 20.8 Å². The van der Waals surface area contributed by atoms with E-state index >= 15 is 0 Å². The van der Waals surface area contributed by atoms with Crippen LogP contribution in [-0.2, 0) is 14.3 Å². The zero-order valence-corrected chi connectivity index (χ0v) is 13.3. The molecule has 6 heteroatoms. The van der Waals surface area contributed by atoms with Gasteiger partial charge in [0.25, 0.3) is 5.91 Å². The molecule has 2 atom stereocenters. The highest BCUT2D eigenvalue weighted by Gasteiger charge is 2.27. The lowest BCUT2D eigenvalue weighted by molar-refractivity contribution is -0.147. The summed E-state index contributed by atoms with van der Waals surface area (Å²) in [6, 6.07) is 6.00. The molecule has 0 aromatic heterocycles. The number of benzene rings is 1. The zero-order chi connectivity index (χ0) is 16.0. The molecule has 21 heavy (non-hydrogen) atoms. The second-order valence-electron chi connectivity index (χ2n) is 4.97. The van der Waals surface area contributed by atoms with E-state index in [1.165, 1.54) is 7.11 Å². The van der Waals surface area contributed by atoms with Crippen molar-refractivity contribution in [3.05, 3.63) is 29.3 Å². The van der Waals surface area contributed by atoms with Crippen molar-refractivity contribution in [2.75, 3.05) is 7.11 Å². The summed E-state index contributed by atoms with van der Waals surface area (Å²) in [7, 11) is 1.29. The molecular weight excluding hydrogens is 294 g/mol. The maximum Gasteiger partial charge on any atom is 0.328 e. The average Bonchev–Trinajstić information content (AvgIpc) is 2.45. The Labute approximate surface area is 129 Å². The van der Waals surface area contributed by atoms with E-state index in [-0.39, 0.29) is 11.8 Å². The third-order valence-corrected chi connectivity index (χ3v) is 3.17. The Morgan fingerprint density at radius 3 is 2.19 bits per heavy atom. The predicted molar refractivity (Wildman–Crippen MR) is 80.3 cm³/mol. The Morgan fingerprint density at radius 1 is 1.14 bits per heavy atom. The van der Waals surface area contributed by atoms with Crippen LogP contribution in [0.15, 0.2) is 24.3 Å². The Hall–Kier alpha value is -1.75. The lowest BCUT2D eigenvalue weighted by atomic mass is 10.0. The minimum Gasteiger partial charge on any atom is -0.481 e. The average molecular weight is 314 g/mol. The number of carbonyl (C=O) groups is 2. The van der Waals surface area contributed by atoms with Crippen LogP contribution in [0.3, 0.4) is 0 Å². The van der Waals surface area contributed by atoms with Gasteiger partial charge in [0.1, 0.15) is 11.8 Å². The Bertz CT molecular complexity index is 487. The number of methoxy groups -OCH3 is 1. The molecule has 0 saturated heterocycles. The van der Waals surface area contributed by atoms with E-state index in [1.54, 1.807) is 31.2 Å². The van der Waals surface area contributed by atoms with Gasteiger partial charge in [-0.2, -0.15) is 0 Å². The summed E-state index contributed by atoms with van der Waals surface area (Å²) in [5, 5.41) is 3.22. The van der Waals surface area contributed by atoms with Crippen LogP contribution >= 0.6 is 11.6 Å². The summed E-state index contributed by atoms with van der Waals surface area (Å²) >= 11 is 5.78. The molecule has 1 amide bonds. The van der Waals surface area contributed by atoms with E-state index in [4.69, 9.17) is 16.3 Å². The molecule has 1 rings (SSSR count). The van der Waals surface area contributed by atoms with Gasteiger partial charge in [-0.05, 0) is 37.1 Å². The maximum absolute atomic E-state index is 12.1. The second kappa shape index (κ2) is 7.88. The van der Waals surface area contributed by atoms with Gasteiger partial charge in [0.15, 0.2) is 6.10 Å². The van der Waals surface area contributed by atoms with Crippen LogP contribution < -0.4 is 10.1 Å². The van der Waals surface area contributed by atoms with Gasteiger partial charge in [-0.15, -0.1) is 0 Å². The van der Waals surface area contributed by atoms with Gasteiger partial charge in [0.05, 0.1) is 7.11 Å². The Balaban J connectivity index is 2.64. The van der Waals surface area contributed by atoms with Gasteiger partial charge in [-0.3, -0.25) is 4.79 Å². The second-order valence-corrected chi connectivity index (χ2v) is 5.40. The number of amides is 1. The highest BCUT2D eigenvalue weighted by Crippen LogP contribution is 2.17. The molecular formula is C15H20ClNO4. The van der Waals surface area contributed by atoms with Gasteiger partial charge in [0.2, 0.25) is 0 Å². The largest absolute Gasteiger partial charge is 0.481 e. The first-order valence-electron chi connectivity index (χ1n) is 6.65. The molecule has 0 radical (unpaired) electrons. The molecule has 0 saturated carbocycles. The molecule has 0 spiro atoms. The van der Waals surface area contributed by atoms with Crippen molar-refractivity contribution in [3.8, 4) is 5.75 Å². The molecule has 5 nitrogen and oxygen atoms in total. The standard InChI is InChI=1S/C15H20ClNO4/c1-9(2)13(15(19)20-4)17-14(18)10(3)21-12-7-5-11(16)6-8-12/h5-10,13H,1-4H3,(H,17,18). The summed E-state index contributed by atoms with van der Waals surface area (Å²) in [5.41, 5.74) is 0. The van der Waals surface area contributed by atoms with Crippen molar-refractivity contribution in [1.82, 2.24) is 5.32 Å². The zero-order valence-electron chi connectivity index (χ0n) is 12.6. The van der Waals surface area contributed by atoms with Crippen molar-refractivity contribution >= 4 is 23.5 Å². The number of nitrogens with one attached hydrogen (secondary N) is 1. The molecule has 0 fully saturated rings. The van der Waals surface area contributed by atoms with Crippen LogP contribution in [-0.4, -0.2) is 31.1 Å². The smallest absolute Gasteiger partial charge is 0.328 e. The van der Waals surface area contributed by atoms with E-state index in [0.29, 0.717) is 10.8 Å². The Morgan fingerprint density at radius 2 is 1.71 bits per heavy atom. The lowest BCUT2D eigenvalue weighted by Gasteiger charge is -2.22. The lowest BCUT2D eigenvalue weighted by Crippen LogP contribution is -2.49. The summed E-state index contributed by atoms with van der Waals surface area (Å²) in [4.78, 5) is 23.7. The molecule has 0 heterocycles. The SMILES string of the molecule is COC(=O)C(NC(=O)C(C)Oc1ccc(Cl)cc1)C(C)C. The van der Waals surface area contributed by atoms with Crippen molar-refractivity contribution in [1.29, 1.82) is 0 Å². The number of rotatable bonds is 6. The molecule has 1 aromatic rings. The number of ether oxygens (including phenoxy) is 2. The quantitative estimate of drug-likeness (QED) is 0.819. The highest BCUT2D eigenvalue weighted by molar-refractivity contribution is 6.30. The van der Waals surface area contributed by atoms with E-state index in [1.807, 2.05) is 13.8 Å². The van der Waals surface area contributed by atoms with Crippen LogP contribution in [0.2, 0.25) is 5.02 Å². The number of halogens is 1. The van der Waals surface area contributed by atoms with Crippen molar-refractivity contribution in [3.63, 3.8) is 0 Å². The first-order chi connectivity index (χ1) is 9.85. The molecule has 0 aliphatic carbocycles. The number of carbonyl (C=O) groups excluding carboxylic acids is 2. The Kier molecular flexibility index (Phi) is 6.49. The van der Waals surface area contributed by atoms with Crippen molar-refractivity contribution < 1.29 is 19.1 Å². The fourth-order valence-corrected chi connectivity index (χ4v) is 1.79. The van der Waals surface area contributed by atoms with Crippen molar-refractivity contribution in [2.45, 2.75) is 32.9 Å². The van der Waals surface area contributed by atoms with Gasteiger partial charge < -0.3 is 14.8 Å². The number of hydrogen-bond donors (Lipinski definition) is 1. The monoisotopic (exact) mass is 313 g/mol.